The van der Waals surface area contributed by atoms with Gasteiger partial charge in [-0.15, -0.1) is 0 Å². The summed E-state index contributed by atoms with van der Waals surface area (Å²) in [5, 5.41) is 0. The van der Waals surface area contributed by atoms with Crippen molar-refractivity contribution in [3.05, 3.63) is 45.8 Å². The minimum atomic E-state index is -1.37. The molecule has 0 saturated carbocycles. The Morgan fingerprint density at radius 1 is 1.08 bits per heavy atom. The molecular formula is C17H17BrO7. The molecule has 2 rings (SSSR count). The molecule has 0 bridgehead atoms. The van der Waals surface area contributed by atoms with Crippen LogP contribution in [0.4, 0.5) is 0 Å². The highest BCUT2D eigenvalue weighted by Crippen LogP contribution is 2.39. The van der Waals surface area contributed by atoms with Crippen LogP contribution >= 0.6 is 15.9 Å². The molecule has 8 heteroatoms. The number of rotatable bonds is 6. The summed E-state index contributed by atoms with van der Waals surface area (Å²) in [7, 11) is 3.67. The topological polar surface area (TPSA) is 88.1 Å². The first-order valence-corrected chi connectivity index (χ1v) is 8.09. The molecule has 0 aliphatic carbocycles. The summed E-state index contributed by atoms with van der Waals surface area (Å²) in [6.45, 7) is -0.222. The third kappa shape index (κ3) is 3.84. The molecule has 0 N–H and O–H groups in total. The Hall–Kier alpha value is -2.35. The first-order valence-electron chi connectivity index (χ1n) is 7.29. The second kappa shape index (κ2) is 8.15. The predicted molar refractivity (Wildman–Crippen MR) is 89.4 cm³/mol. The molecule has 1 aliphatic heterocycles. The third-order valence-electron chi connectivity index (χ3n) is 3.82. The largest absolute Gasteiger partial charge is 0.468 e. The zero-order chi connectivity index (χ0) is 18.6. The molecule has 0 fully saturated rings. The van der Waals surface area contributed by atoms with Crippen molar-refractivity contribution in [1.82, 2.24) is 0 Å². The summed E-state index contributed by atoms with van der Waals surface area (Å²) >= 11 is 3.33. The molecule has 1 aromatic carbocycles. The zero-order valence-corrected chi connectivity index (χ0v) is 15.5. The second-order valence-corrected chi connectivity index (χ2v) is 6.09. The van der Waals surface area contributed by atoms with Gasteiger partial charge in [-0.2, -0.15) is 0 Å². The number of ketones is 1. The first-order chi connectivity index (χ1) is 11.9. The first kappa shape index (κ1) is 19.0. The standard InChI is InChI=1S/C17H17BrO7/c1-22-15(20)14(16(21)23-2)12(9-4-6-10(18)7-5-9)13-11(19)8-25-17(13)24-3/h4-7,12,14H,8H2,1-3H3. The summed E-state index contributed by atoms with van der Waals surface area (Å²) < 4.78 is 20.7. The van der Waals surface area contributed by atoms with Crippen molar-refractivity contribution in [1.29, 1.82) is 0 Å². The number of ether oxygens (including phenoxy) is 4. The van der Waals surface area contributed by atoms with Crippen molar-refractivity contribution in [2.75, 3.05) is 27.9 Å². The van der Waals surface area contributed by atoms with E-state index in [0.29, 0.717) is 5.56 Å². The molecule has 1 unspecified atom stereocenters. The Balaban J connectivity index is 2.66. The SMILES string of the molecule is COC(=O)C(C(=O)OC)C(C1=C(OC)OCC1=O)c1ccc(Br)cc1. The molecule has 25 heavy (non-hydrogen) atoms. The van der Waals surface area contributed by atoms with Gasteiger partial charge >= 0.3 is 11.9 Å². The van der Waals surface area contributed by atoms with Crippen molar-refractivity contribution in [3.8, 4) is 0 Å². The monoisotopic (exact) mass is 412 g/mol. The molecular weight excluding hydrogens is 396 g/mol. The Bertz CT molecular complexity index is 692. The van der Waals surface area contributed by atoms with Gasteiger partial charge in [0.1, 0.15) is 0 Å². The number of carbonyl (C=O) groups is 3. The van der Waals surface area contributed by atoms with E-state index in [4.69, 9.17) is 18.9 Å². The molecule has 0 aromatic heterocycles. The lowest BCUT2D eigenvalue weighted by Crippen LogP contribution is -2.34. The Labute approximate surface area is 153 Å². The van der Waals surface area contributed by atoms with Crippen molar-refractivity contribution >= 4 is 33.7 Å². The van der Waals surface area contributed by atoms with E-state index in [9.17, 15) is 14.4 Å². The van der Waals surface area contributed by atoms with Crippen LogP contribution in [-0.4, -0.2) is 45.7 Å². The number of hydrogen-bond acceptors (Lipinski definition) is 7. The van der Waals surface area contributed by atoms with Gasteiger partial charge in [0.05, 0.1) is 26.9 Å². The van der Waals surface area contributed by atoms with Crippen LogP contribution in [0.25, 0.3) is 0 Å². The van der Waals surface area contributed by atoms with Crippen molar-refractivity contribution in [3.63, 3.8) is 0 Å². The Kier molecular flexibility index (Phi) is 6.19. The fraction of sp³-hybridized carbons (Fsp3) is 0.353. The molecule has 7 nitrogen and oxygen atoms in total. The number of methoxy groups -OCH3 is 3. The van der Waals surface area contributed by atoms with Gasteiger partial charge in [-0.1, -0.05) is 28.1 Å². The number of esters is 2. The average molecular weight is 413 g/mol. The third-order valence-corrected chi connectivity index (χ3v) is 4.35. The maximum absolute atomic E-state index is 12.4. The lowest BCUT2D eigenvalue weighted by molar-refractivity contribution is -0.159. The van der Waals surface area contributed by atoms with Crippen molar-refractivity contribution < 1.29 is 33.3 Å². The quantitative estimate of drug-likeness (QED) is 0.520. The van der Waals surface area contributed by atoms with E-state index in [2.05, 4.69) is 15.9 Å². The van der Waals surface area contributed by atoms with Crippen LogP contribution in [0, 0.1) is 5.92 Å². The van der Waals surface area contributed by atoms with Gasteiger partial charge in [-0.3, -0.25) is 14.4 Å². The molecule has 134 valence electrons. The molecule has 0 radical (unpaired) electrons. The van der Waals surface area contributed by atoms with Crippen LogP contribution in [0.15, 0.2) is 40.3 Å². The highest BCUT2D eigenvalue weighted by atomic mass is 79.9. The van der Waals surface area contributed by atoms with Gasteiger partial charge in [0.15, 0.2) is 12.5 Å². The highest BCUT2D eigenvalue weighted by molar-refractivity contribution is 9.10. The minimum absolute atomic E-state index is 0.0178. The molecule has 1 aliphatic rings. The molecule has 1 atom stereocenters. The van der Waals surface area contributed by atoms with Crippen molar-refractivity contribution in [2.45, 2.75) is 5.92 Å². The number of halogens is 1. The van der Waals surface area contributed by atoms with Crippen LogP contribution < -0.4 is 0 Å². The molecule has 0 saturated heterocycles. The lowest BCUT2D eigenvalue weighted by Gasteiger charge is -2.24. The Morgan fingerprint density at radius 2 is 1.64 bits per heavy atom. The van der Waals surface area contributed by atoms with E-state index in [-0.39, 0.29) is 23.9 Å². The summed E-state index contributed by atoms with van der Waals surface area (Å²) in [6, 6.07) is 6.86. The van der Waals surface area contributed by atoms with Gasteiger partial charge in [0.2, 0.25) is 5.78 Å². The normalized spacial score (nSPS) is 15.0. The fourth-order valence-electron chi connectivity index (χ4n) is 2.69. The summed E-state index contributed by atoms with van der Waals surface area (Å²) in [4.78, 5) is 37.0. The van der Waals surface area contributed by atoms with Gasteiger partial charge < -0.3 is 18.9 Å². The molecule has 0 spiro atoms. The second-order valence-electron chi connectivity index (χ2n) is 5.17. The van der Waals surface area contributed by atoms with E-state index in [0.717, 1.165) is 18.7 Å². The summed E-state index contributed by atoms with van der Waals surface area (Å²) in [5.41, 5.74) is 0.651. The maximum atomic E-state index is 12.4. The van der Waals surface area contributed by atoms with Gasteiger partial charge in [-0.05, 0) is 17.7 Å². The molecule has 1 aromatic rings. The lowest BCUT2D eigenvalue weighted by atomic mass is 9.79. The van der Waals surface area contributed by atoms with Crippen molar-refractivity contribution in [2.24, 2.45) is 5.92 Å². The van der Waals surface area contributed by atoms with E-state index < -0.39 is 23.8 Å². The summed E-state index contributed by atoms with van der Waals surface area (Å²) in [5.74, 6) is -4.36. The smallest absolute Gasteiger partial charge is 0.321 e. The molecule has 1 heterocycles. The van der Waals surface area contributed by atoms with Crippen LogP contribution in [0.2, 0.25) is 0 Å². The van der Waals surface area contributed by atoms with E-state index in [1.54, 1.807) is 24.3 Å². The number of benzene rings is 1. The number of Topliss-reactive ketones (excluding diaryl/α,β-unsaturated/α-hetero) is 1. The number of carbonyl (C=O) groups excluding carboxylic acids is 3. The van der Waals surface area contributed by atoms with E-state index in [1.807, 2.05) is 0 Å². The van der Waals surface area contributed by atoms with Crippen LogP contribution in [0.5, 0.6) is 0 Å². The minimum Gasteiger partial charge on any atom is -0.468 e. The van der Waals surface area contributed by atoms with Crippen LogP contribution in [0.1, 0.15) is 11.5 Å². The van der Waals surface area contributed by atoms with E-state index in [1.165, 1.54) is 7.11 Å². The average Bonchev–Trinajstić information content (AvgIpc) is 2.99. The van der Waals surface area contributed by atoms with Gasteiger partial charge in [0, 0.05) is 10.4 Å². The zero-order valence-electron chi connectivity index (χ0n) is 13.9. The van der Waals surface area contributed by atoms with Gasteiger partial charge in [-0.25, -0.2) is 0 Å². The van der Waals surface area contributed by atoms with E-state index >= 15 is 0 Å². The van der Waals surface area contributed by atoms with Crippen LogP contribution in [0.3, 0.4) is 0 Å². The van der Waals surface area contributed by atoms with Crippen LogP contribution in [-0.2, 0) is 33.3 Å². The Morgan fingerprint density at radius 3 is 2.12 bits per heavy atom. The number of hydrogen-bond donors (Lipinski definition) is 0. The highest BCUT2D eigenvalue weighted by Gasteiger charge is 2.45. The fourth-order valence-corrected chi connectivity index (χ4v) is 2.95. The molecule has 0 amide bonds. The summed E-state index contributed by atoms with van der Waals surface area (Å²) in [6.07, 6.45) is 0. The maximum Gasteiger partial charge on any atom is 0.321 e. The predicted octanol–water partition coefficient (Wildman–Crippen LogP) is 1.95. The van der Waals surface area contributed by atoms with Gasteiger partial charge in [0.25, 0.3) is 5.95 Å².